The fourth-order valence-electron chi connectivity index (χ4n) is 2.36. The highest BCUT2D eigenvalue weighted by Gasteiger charge is 2.25. The molecule has 106 valence electrons. The predicted molar refractivity (Wildman–Crippen MR) is 87.4 cm³/mol. The van der Waals surface area contributed by atoms with Crippen molar-refractivity contribution in [1.29, 1.82) is 0 Å². The number of thiazole rings is 1. The molecular weight excluding hydrogens is 300 g/mol. The molecule has 0 fully saturated rings. The third kappa shape index (κ3) is 2.46. The second-order valence-electron chi connectivity index (χ2n) is 5.69. The van der Waals surface area contributed by atoms with Crippen molar-refractivity contribution in [2.75, 3.05) is 0 Å². The molecule has 3 aromatic rings. The topological polar surface area (TPSA) is 60.1 Å². The molecule has 0 atom stereocenters. The van der Waals surface area contributed by atoms with E-state index < -0.39 is 8.24 Å². The van der Waals surface area contributed by atoms with Crippen LogP contribution in [0.1, 0.15) is 0 Å². The summed E-state index contributed by atoms with van der Waals surface area (Å²) in [4.78, 5) is 23.2. The minimum Gasteiger partial charge on any atom is -0.351 e. The Morgan fingerprint density at radius 3 is 2.76 bits per heavy atom. The Balaban J connectivity index is 2.33. The first kappa shape index (κ1) is 13.9. The average Bonchev–Trinajstić information content (AvgIpc) is 3.04. The second-order valence-corrected chi connectivity index (χ2v) is 11.2. The van der Waals surface area contributed by atoms with Crippen LogP contribution in [0.2, 0.25) is 19.6 Å². The van der Waals surface area contributed by atoms with Gasteiger partial charge >= 0.3 is 0 Å². The Hall–Kier alpha value is -2.08. The zero-order valence-electron chi connectivity index (χ0n) is 12.0. The Kier molecular flexibility index (Phi) is 3.33. The van der Waals surface area contributed by atoms with E-state index in [0.29, 0.717) is 5.69 Å². The van der Waals surface area contributed by atoms with E-state index in [4.69, 9.17) is 4.98 Å². The van der Waals surface area contributed by atoms with E-state index >= 15 is 0 Å². The largest absolute Gasteiger partial charge is 0.351 e. The quantitative estimate of drug-likeness (QED) is 0.419. The molecule has 21 heavy (non-hydrogen) atoms. The SMILES string of the molecule is C[Si](C)(C)n1c(-c2cscn2)nc2cc(N=C=O)ccc21. The molecule has 2 aromatic heterocycles. The molecule has 1 aromatic carbocycles. The summed E-state index contributed by atoms with van der Waals surface area (Å²) in [6, 6.07) is 5.59. The van der Waals surface area contributed by atoms with E-state index in [9.17, 15) is 4.79 Å². The number of fused-ring (bicyclic) bond motifs is 1. The number of hydrogen-bond donors (Lipinski definition) is 0. The second kappa shape index (κ2) is 5.03. The van der Waals surface area contributed by atoms with E-state index in [2.05, 4.69) is 33.9 Å². The van der Waals surface area contributed by atoms with Gasteiger partial charge in [0.25, 0.3) is 0 Å². The van der Waals surface area contributed by atoms with Crippen LogP contribution >= 0.6 is 11.3 Å². The van der Waals surface area contributed by atoms with Gasteiger partial charge in [0, 0.05) is 5.38 Å². The summed E-state index contributed by atoms with van der Waals surface area (Å²) in [5, 5.41) is 2.00. The van der Waals surface area contributed by atoms with Crippen molar-refractivity contribution in [2.45, 2.75) is 19.6 Å². The smallest absolute Gasteiger partial charge is 0.240 e. The molecule has 0 N–H and O–H groups in total. The molecule has 0 aliphatic carbocycles. The Bertz CT molecular complexity index is 842. The highest BCUT2D eigenvalue weighted by atomic mass is 32.1. The van der Waals surface area contributed by atoms with E-state index in [1.54, 1.807) is 17.4 Å². The molecule has 0 saturated heterocycles. The fourth-order valence-corrected chi connectivity index (χ4v) is 4.61. The van der Waals surface area contributed by atoms with Crippen molar-refractivity contribution in [1.82, 2.24) is 14.2 Å². The van der Waals surface area contributed by atoms with E-state index in [1.165, 1.54) is 0 Å². The highest BCUT2D eigenvalue weighted by Crippen LogP contribution is 2.30. The molecule has 0 saturated carbocycles. The summed E-state index contributed by atoms with van der Waals surface area (Å²) < 4.78 is 2.30. The maximum absolute atomic E-state index is 10.4. The van der Waals surface area contributed by atoms with Crippen LogP contribution in [-0.4, -0.2) is 28.5 Å². The summed E-state index contributed by atoms with van der Waals surface area (Å²) in [5.74, 6) is 0.887. The first-order valence-electron chi connectivity index (χ1n) is 6.50. The average molecular weight is 314 g/mol. The van der Waals surface area contributed by atoms with Crippen LogP contribution in [0.25, 0.3) is 22.6 Å². The number of aromatic nitrogens is 3. The maximum atomic E-state index is 10.4. The number of aliphatic imine (C=N–C) groups is 1. The zero-order chi connectivity index (χ0) is 15.0. The number of nitrogens with zero attached hydrogens (tertiary/aromatic N) is 4. The monoisotopic (exact) mass is 314 g/mol. The maximum Gasteiger partial charge on any atom is 0.240 e. The van der Waals surface area contributed by atoms with Gasteiger partial charge in [-0.1, -0.05) is 19.6 Å². The van der Waals surface area contributed by atoms with Crippen LogP contribution in [0.15, 0.2) is 34.1 Å². The Morgan fingerprint density at radius 2 is 2.14 bits per heavy atom. The lowest BCUT2D eigenvalue weighted by atomic mass is 10.3. The first-order chi connectivity index (χ1) is 10.0. The van der Waals surface area contributed by atoms with Crippen molar-refractivity contribution in [2.24, 2.45) is 4.99 Å². The third-order valence-electron chi connectivity index (χ3n) is 3.15. The lowest BCUT2D eigenvalue weighted by Crippen LogP contribution is -2.32. The predicted octanol–water partition coefficient (Wildman–Crippen LogP) is 3.81. The Morgan fingerprint density at radius 1 is 1.33 bits per heavy atom. The minimum absolute atomic E-state index is 0.572. The molecule has 0 bridgehead atoms. The van der Waals surface area contributed by atoms with Crippen molar-refractivity contribution in [3.63, 3.8) is 0 Å². The zero-order valence-corrected chi connectivity index (χ0v) is 13.8. The van der Waals surface area contributed by atoms with Gasteiger partial charge in [-0.3, -0.25) is 0 Å². The fraction of sp³-hybridized carbons (Fsp3) is 0.214. The van der Waals surface area contributed by atoms with Gasteiger partial charge in [-0.15, -0.1) is 11.3 Å². The molecule has 0 radical (unpaired) electrons. The summed E-state index contributed by atoms with van der Waals surface area (Å²) in [6.45, 7) is 6.80. The van der Waals surface area contributed by atoms with Crippen molar-refractivity contribution in [3.05, 3.63) is 29.1 Å². The summed E-state index contributed by atoms with van der Waals surface area (Å²) in [5.41, 5.74) is 5.16. The summed E-state index contributed by atoms with van der Waals surface area (Å²) >= 11 is 1.56. The normalized spacial score (nSPS) is 11.6. The molecule has 2 heterocycles. The molecule has 3 rings (SSSR count). The lowest BCUT2D eigenvalue weighted by molar-refractivity contribution is 0.565. The lowest BCUT2D eigenvalue weighted by Gasteiger charge is -2.21. The third-order valence-corrected chi connectivity index (χ3v) is 5.53. The first-order valence-corrected chi connectivity index (χ1v) is 10.9. The van der Waals surface area contributed by atoms with Crippen molar-refractivity contribution in [3.8, 4) is 11.5 Å². The van der Waals surface area contributed by atoms with Gasteiger partial charge in [-0.2, -0.15) is 4.99 Å². The highest BCUT2D eigenvalue weighted by molar-refractivity contribution is 7.07. The number of hydrogen-bond acceptors (Lipinski definition) is 5. The van der Waals surface area contributed by atoms with E-state index in [1.807, 2.05) is 29.1 Å². The van der Waals surface area contributed by atoms with Gasteiger partial charge in [0.2, 0.25) is 6.08 Å². The van der Waals surface area contributed by atoms with Gasteiger partial charge in [0.05, 0.1) is 22.2 Å². The number of rotatable bonds is 3. The summed E-state index contributed by atoms with van der Waals surface area (Å²) in [6.07, 6.45) is 1.57. The van der Waals surface area contributed by atoms with Gasteiger partial charge in [0.15, 0.2) is 14.1 Å². The van der Waals surface area contributed by atoms with Crippen molar-refractivity contribution >= 4 is 42.4 Å². The van der Waals surface area contributed by atoms with E-state index in [0.717, 1.165) is 22.6 Å². The minimum atomic E-state index is -1.67. The van der Waals surface area contributed by atoms with Crippen LogP contribution < -0.4 is 0 Å². The van der Waals surface area contributed by atoms with Crippen LogP contribution in [-0.2, 0) is 4.79 Å². The molecule has 0 aliphatic heterocycles. The van der Waals surface area contributed by atoms with Crippen LogP contribution in [0.4, 0.5) is 5.69 Å². The standard InChI is InChI=1S/C14H14N4OSSi/c1-21(2,3)18-13-5-4-10(15-8-19)6-11(13)17-14(18)12-7-20-9-16-12/h4-7,9H,1-3H3. The van der Waals surface area contributed by atoms with Crippen LogP contribution in [0.5, 0.6) is 0 Å². The molecule has 0 spiro atoms. The van der Waals surface area contributed by atoms with Gasteiger partial charge in [-0.05, 0) is 18.2 Å². The van der Waals surface area contributed by atoms with Gasteiger partial charge < -0.3 is 4.23 Å². The van der Waals surface area contributed by atoms with Crippen molar-refractivity contribution < 1.29 is 4.79 Å². The number of isocyanates is 1. The molecule has 0 amide bonds. The van der Waals surface area contributed by atoms with Crippen LogP contribution in [0.3, 0.4) is 0 Å². The molecule has 5 nitrogen and oxygen atoms in total. The number of carbonyl (C=O) groups excluding carboxylic acids is 1. The molecule has 0 aliphatic rings. The number of benzene rings is 1. The Labute approximate surface area is 127 Å². The van der Waals surface area contributed by atoms with Crippen LogP contribution in [0, 0.1) is 0 Å². The molecular formula is C14H14N4OSSi. The van der Waals surface area contributed by atoms with E-state index in [-0.39, 0.29) is 0 Å². The molecule has 0 unspecified atom stereocenters. The summed E-state index contributed by atoms with van der Waals surface area (Å²) in [7, 11) is -1.67. The van der Waals surface area contributed by atoms with Gasteiger partial charge in [0.1, 0.15) is 5.69 Å². The number of imidazole rings is 1. The molecule has 7 heteroatoms. The van der Waals surface area contributed by atoms with Gasteiger partial charge in [-0.25, -0.2) is 14.8 Å².